The molecule has 3 nitrogen and oxygen atoms in total. The van der Waals surface area contributed by atoms with E-state index >= 15 is 0 Å². The first-order valence-corrected chi connectivity index (χ1v) is 6.53. The zero-order valence-electron chi connectivity index (χ0n) is 9.07. The van der Waals surface area contributed by atoms with Gasteiger partial charge in [0.2, 0.25) is 0 Å². The molecule has 1 aromatic rings. The topological polar surface area (TPSA) is 28.2 Å². The van der Waals surface area contributed by atoms with Gasteiger partial charge in [0.15, 0.2) is 0 Å². The molecule has 2 aliphatic heterocycles. The van der Waals surface area contributed by atoms with Gasteiger partial charge in [0.05, 0.1) is 11.2 Å². The van der Waals surface area contributed by atoms with Crippen molar-refractivity contribution < 1.29 is 0 Å². The van der Waals surface area contributed by atoms with Crippen LogP contribution in [0.4, 0.5) is 0 Å². The van der Waals surface area contributed by atoms with E-state index < -0.39 is 0 Å². The smallest absolute Gasteiger partial charge is 0.0798 e. The van der Waals surface area contributed by atoms with Crippen LogP contribution < -0.4 is 5.32 Å². The maximum Gasteiger partial charge on any atom is 0.0798 e. The van der Waals surface area contributed by atoms with Gasteiger partial charge in [-0.05, 0) is 31.8 Å². The molecule has 15 heavy (non-hydrogen) atoms. The quantitative estimate of drug-likeness (QED) is 0.814. The first-order chi connectivity index (χ1) is 7.33. The Morgan fingerprint density at radius 3 is 2.80 bits per heavy atom. The highest BCUT2D eigenvalue weighted by atomic mass is 32.1. The molecule has 0 amide bonds. The summed E-state index contributed by atoms with van der Waals surface area (Å²) in [6.07, 6.45) is 0. The highest BCUT2D eigenvalue weighted by Crippen LogP contribution is 2.28. The number of rotatable bonds is 2. The molecule has 0 spiro atoms. The van der Waals surface area contributed by atoms with E-state index in [0.717, 1.165) is 18.4 Å². The number of likely N-dealkylation sites (tertiary alicyclic amines) is 1. The maximum atomic E-state index is 4.31. The lowest BCUT2D eigenvalue weighted by Gasteiger charge is -2.15. The van der Waals surface area contributed by atoms with Gasteiger partial charge in [0, 0.05) is 24.5 Å². The van der Waals surface area contributed by atoms with Gasteiger partial charge in [0.25, 0.3) is 0 Å². The number of thiazole rings is 1. The molecule has 2 atom stereocenters. The third-order valence-electron chi connectivity index (χ3n) is 3.68. The van der Waals surface area contributed by atoms with Gasteiger partial charge in [-0.15, -0.1) is 11.3 Å². The van der Waals surface area contributed by atoms with Crippen molar-refractivity contribution in [1.29, 1.82) is 0 Å². The molecule has 0 radical (unpaired) electrons. The Labute approximate surface area is 94.5 Å². The van der Waals surface area contributed by atoms with Crippen LogP contribution in [0.15, 0.2) is 5.51 Å². The molecule has 2 aliphatic rings. The Morgan fingerprint density at radius 1 is 1.47 bits per heavy atom. The van der Waals surface area contributed by atoms with Crippen molar-refractivity contribution in [3.63, 3.8) is 0 Å². The van der Waals surface area contributed by atoms with E-state index in [1.54, 1.807) is 11.3 Å². The zero-order chi connectivity index (χ0) is 10.3. The first-order valence-electron chi connectivity index (χ1n) is 5.65. The Kier molecular flexibility index (Phi) is 2.50. The molecule has 4 heteroatoms. The van der Waals surface area contributed by atoms with Crippen molar-refractivity contribution in [2.75, 3.05) is 26.2 Å². The minimum atomic E-state index is 0.901. The summed E-state index contributed by atoms with van der Waals surface area (Å²) >= 11 is 1.80. The molecule has 0 bridgehead atoms. The molecular formula is C11H17N3S. The Hall–Kier alpha value is -0.450. The highest BCUT2D eigenvalue weighted by molar-refractivity contribution is 7.09. The molecule has 1 aromatic heterocycles. The number of aromatic nitrogens is 1. The van der Waals surface area contributed by atoms with E-state index in [1.165, 1.54) is 36.8 Å². The van der Waals surface area contributed by atoms with Gasteiger partial charge in [0.1, 0.15) is 0 Å². The van der Waals surface area contributed by atoms with Crippen LogP contribution in [0.3, 0.4) is 0 Å². The summed E-state index contributed by atoms with van der Waals surface area (Å²) < 4.78 is 0. The molecule has 2 fully saturated rings. The maximum absolute atomic E-state index is 4.31. The first kappa shape index (κ1) is 9.75. The van der Waals surface area contributed by atoms with Crippen LogP contribution in [0.2, 0.25) is 0 Å². The molecule has 0 unspecified atom stereocenters. The molecule has 3 heterocycles. The average Bonchev–Trinajstić information content (AvgIpc) is 2.83. The zero-order valence-corrected chi connectivity index (χ0v) is 9.89. The van der Waals surface area contributed by atoms with Crippen LogP contribution in [0, 0.1) is 18.8 Å². The van der Waals surface area contributed by atoms with E-state index in [-0.39, 0.29) is 0 Å². The van der Waals surface area contributed by atoms with Gasteiger partial charge in [-0.2, -0.15) is 0 Å². The number of aryl methyl sites for hydroxylation is 1. The van der Waals surface area contributed by atoms with E-state index in [0.29, 0.717) is 0 Å². The minimum absolute atomic E-state index is 0.901. The number of hydrogen-bond acceptors (Lipinski definition) is 4. The van der Waals surface area contributed by atoms with Gasteiger partial charge in [-0.1, -0.05) is 0 Å². The summed E-state index contributed by atoms with van der Waals surface area (Å²) in [5, 5.41) is 3.48. The average molecular weight is 223 g/mol. The lowest BCUT2D eigenvalue weighted by atomic mass is 10.0. The molecule has 3 rings (SSSR count). The van der Waals surface area contributed by atoms with Crippen LogP contribution >= 0.6 is 11.3 Å². The summed E-state index contributed by atoms with van der Waals surface area (Å²) in [4.78, 5) is 8.35. The van der Waals surface area contributed by atoms with E-state index in [1.807, 2.05) is 5.51 Å². The van der Waals surface area contributed by atoms with Crippen molar-refractivity contribution in [3.8, 4) is 0 Å². The number of nitrogens with zero attached hydrogens (tertiary/aromatic N) is 2. The lowest BCUT2D eigenvalue weighted by molar-refractivity contribution is 0.307. The summed E-state index contributed by atoms with van der Waals surface area (Å²) in [6, 6.07) is 0. The SMILES string of the molecule is Cc1ncsc1CN1C[C@H]2CNC[C@H]2C1. The fraction of sp³-hybridized carbons (Fsp3) is 0.727. The van der Waals surface area contributed by atoms with Crippen molar-refractivity contribution in [3.05, 3.63) is 16.1 Å². The van der Waals surface area contributed by atoms with Crippen molar-refractivity contribution in [1.82, 2.24) is 15.2 Å². The van der Waals surface area contributed by atoms with Gasteiger partial charge < -0.3 is 5.32 Å². The molecular weight excluding hydrogens is 206 g/mol. The second kappa shape index (κ2) is 3.85. The molecule has 0 aromatic carbocycles. The van der Waals surface area contributed by atoms with Crippen LogP contribution in [0.5, 0.6) is 0 Å². The predicted molar refractivity (Wildman–Crippen MR) is 62.0 cm³/mol. The fourth-order valence-corrected chi connectivity index (χ4v) is 3.58. The monoisotopic (exact) mass is 223 g/mol. The number of fused-ring (bicyclic) bond motifs is 1. The van der Waals surface area contributed by atoms with E-state index in [2.05, 4.69) is 22.1 Å². The van der Waals surface area contributed by atoms with Crippen molar-refractivity contribution in [2.24, 2.45) is 11.8 Å². The Bertz CT molecular complexity index is 337. The van der Waals surface area contributed by atoms with Gasteiger partial charge in [-0.25, -0.2) is 4.98 Å². The third kappa shape index (κ3) is 1.82. The summed E-state index contributed by atoms with van der Waals surface area (Å²) in [7, 11) is 0. The van der Waals surface area contributed by atoms with Crippen LogP contribution in [0.25, 0.3) is 0 Å². The predicted octanol–water partition coefficient (Wildman–Crippen LogP) is 1.10. The van der Waals surface area contributed by atoms with Crippen LogP contribution in [-0.2, 0) is 6.54 Å². The minimum Gasteiger partial charge on any atom is -0.316 e. The van der Waals surface area contributed by atoms with Crippen LogP contribution in [-0.4, -0.2) is 36.1 Å². The number of nitrogens with one attached hydrogen (secondary N) is 1. The second-order valence-corrected chi connectivity index (χ2v) is 5.67. The third-order valence-corrected chi connectivity index (χ3v) is 4.60. The summed E-state index contributed by atoms with van der Waals surface area (Å²) in [5.74, 6) is 1.80. The highest BCUT2D eigenvalue weighted by Gasteiger charge is 2.35. The van der Waals surface area contributed by atoms with Crippen molar-refractivity contribution >= 4 is 11.3 Å². The lowest BCUT2D eigenvalue weighted by Crippen LogP contribution is -2.25. The normalized spacial score (nSPS) is 31.0. The Morgan fingerprint density at radius 2 is 2.20 bits per heavy atom. The molecule has 0 saturated carbocycles. The van der Waals surface area contributed by atoms with E-state index in [4.69, 9.17) is 0 Å². The number of hydrogen-bond donors (Lipinski definition) is 1. The molecule has 82 valence electrons. The summed E-state index contributed by atoms with van der Waals surface area (Å²) in [6.45, 7) is 8.23. The Balaban J connectivity index is 1.64. The molecule has 0 aliphatic carbocycles. The van der Waals surface area contributed by atoms with Crippen LogP contribution in [0.1, 0.15) is 10.6 Å². The van der Waals surface area contributed by atoms with E-state index in [9.17, 15) is 0 Å². The standard InChI is InChI=1S/C11H17N3S/c1-8-11(15-7-13-8)6-14-4-9-2-12-3-10(9)5-14/h7,9-10,12H,2-6H2,1H3/t9-,10+. The molecule has 2 saturated heterocycles. The van der Waals surface area contributed by atoms with Gasteiger partial charge in [-0.3, -0.25) is 4.90 Å². The largest absolute Gasteiger partial charge is 0.316 e. The van der Waals surface area contributed by atoms with Gasteiger partial charge >= 0.3 is 0 Å². The second-order valence-electron chi connectivity index (χ2n) is 4.73. The van der Waals surface area contributed by atoms with Crippen molar-refractivity contribution in [2.45, 2.75) is 13.5 Å². The fourth-order valence-electron chi connectivity index (χ4n) is 2.76. The summed E-state index contributed by atoms with van der Waals surface area (Å²) in [5.41, 5.74) is 3.18. The molecule has 1 N–H and O–H groups in total.